The van der Waals surface area contributed by atoms with Gasteiger partial charge in [-0.3, -0.25) is 9.89 Å². The number of guanidine groups is 1. The van der Waals surface area contributed by atoms with Crippen LogP contribution < -0.4 is 14.8 Å². The molecule has 0 radical (unpaired) electrons. The van der Waals surface area contributed by atoms with Crippen molar-refractivity contribution in [3.05, 3.63) is 23.8 Å². The summed E-state index contributed by atoms with van der Waals surface area (Å²) in [6.07, 6.45) is 2.29. The number of benzene rings is 1. The summed E-state index contributed by atoms with van der Waals surface area (Å²) in [5.74, 6) is 2.72. The van der Waals surface area contributed by atoms with Gasteiger partial charge >= 0.3 is 0 Å². The van der Waals surface area contributed by atoms with Crippen LogP contribution in [0.2, 0.25) is 0 Å². The number of unbranched alkanes of at least 4 members (excludes halogenated alkanes) is 1. The first-order valence-electron chi connectivity index (χ1n) is 10.2. The van der Waals surface area contributed by atoms with E-state index in [1.54, 1.807) is 14.2 Å². The van der Waals surface area contributed by atoms with Gasteiger partial charge in [-0.1, -0.05) is 13.3 Å². The fourth-order valence-corrected chi connectivity index (χ4v) is 3.28. The van der Waals surface area contributed by atoms with E-state index in [1.807, 2.05) is 19.2 Å². The Morgan fingerprint density at radius 1 is 1.10 bits per heavy atom. The summed E-state index contributed by atoms with van der Waals surface area (Å²) in [5, 5.41) is 3.41. The van der Waals surface area contributed by atoms with Gasteiger partial charge in [0.25, 0.3) is 0 Å². The maximum atomic E-state index is 5.61. The molecule has 0 spiro atoms. The Labute approximate surface area is 192 Å². The minimum absolute atomic E-state index is 0. The van der Waals surface area contributed by atoms with Crippen molar-refractivity contribution in [3.63, 3.8) is 0 Å². The number of rotatable bonds is 10. The number of methoxy groups -OCH3 is 2. The number of nitrogens with one attached hydrogen (secondary N) is 1. The van der Waals surface area contributed by atoms with E-state index in [0.717, 1.165) is 75.3 Å². The van der Waals surface area contributed by atoms with E-state index < -0.39 is 0 Å². The Kier molecular flexibility index (Phi) is 13.0. The molecule has 0 atom stereocenters. The summed E-state index contributed by atoms with van der Waals surface area (Å²) < 4.78 is 16.5. The van der Waals surface area contributed by atoms with Crippen LogP contribution in [0.1, 0.15) is 25.3 Å². The van der Waals surface area contributed by atoms with Crippen LogP contribution in [-0.2, 0) is 11.3 Å². The van der Waals surface area contributed by atoms with E-state index in [4.69, 9.17) is 14.2 Å². The predicted octanol–water partition coefficient (Wildman–Crippen LogP) is 2.83. The Morgan fingerprint density at radius 3 is 2.48 bits per heavy atom. The fourth-order valence-electron chi connectivity index (χ4n) is 3.28. The zero-order chi connectivity index (χ0) is 20.2. The average Bonchev–Trinajstić information content (AvgIpc) is 2.74. The third-order valence-electron chi connectivity index (χ3n) is 4.94. The third-order valence-corrected chi connectivity index (χ3v) is 4.94. The molecule has 0 aliphatic carbocycles. The van der Waals surface area contributed by atoms with Crippen LogP contribution in [0, 0.1) is 0 Å². The average molecular weight is 520 g/mol. The lowest BCUT2D eigenvalue weighted by Crippen LogP contribution is -2.52. The van der Waals surface area contributed by atoms with Crippen LogP contribution in [0.4, 0.5) is 0 Å². The largest absolute Gasteiger partial charge is 0.497 e. The molecule has 1 heterocycles. The van der Waals surface area contributed by atoms with Crippen molar-refractivity contribution in [1.29, 1.82) is 0 Å². The van der Waals surface area contributed by atoms with Gasteiger partial charge in [-0.05, 0) is 24.6 Å². The molecule has 1 N–H and O–H groups in total. The zero-order valence-corrected chi connectivity index (χ0v) is 20.6. The van der Waals surface area contributed by atoms with E-state index >= 15 is 0 Å². The van der Waals surface area contributed by atoms with E-state index in [0.29, 0.717) is 6.61 Å². The lowest BCUT2D eigenvalue weighted by Gasteiger charge is -2.36. The molecular weight excluding hydrogens is 483 g/mol. The molecule has 0 aromatic heterocycles. The third kappa shape index (κ3) is 8.55. The number of nitrogens with zero attached hydrogens (tertiary/aromatic N) is 3. The van der Waals surface area contributed by atoms with Crippen molar-refractivity contribution < 1.29 is 14.2 Å². The molecule has 1 aromatic rings. The minimum atomic E-state index is 0. The molecule has 1 aliphatic heterocycles. The molecule has 7 nitrogen and oxygen atoms in total. The molecule has 0 saturated carbocycles. The first-order valence-corrected chi connectivity index (χ1v) is 10.2. The Balaban J connectivity index is 0.00000420. The van der Waals surface area contributed by atoms with Crippen molar-refractivity contribution in [2.45, 2.75) is 26.3 Å². The molecule has 166 valence electrons. The Bertz CT molecular complexity index is 608. The van der Waals surface area contributed by atoms with Crippen LogP contribution in [0.25, 0.3) is 0 Å². The van der Waals surface area contributed by atoms with Gasteiger partial charge < -0.3 is 24.4 Å². The molecule has 0 bridgehead atoms. The van der Waals surface area contributed by atoms with Crippen LogP contribution >= 0.6 is 24.0 Å². The van der Waals surface area contributed by atoms with Crippen LogP contribution in [0.15, 0.2) is 23.2 Å². The zero-order valence-electron chi connectivity index (χ0n) is 18.3. The quantitative estimate of drug-likeness (QED) is 0.222. The van der Waals surface area contributed by atoms with Crippen LogP contribution in [-0.4, -0.2) is 83.0 Å². The van der Waals surface area contributed by atoms with Crippen molar-refractivity contribution in [2.24, 2.45) is 4.99 Å². The molecule has 1 saturated heterocycles. The lowest BCUT2D eigenvalue weighted by atomic mass is 10.1. The fraction of sp³-hybridized carbons (Fsp3) is 0.667. The molecule has 8 heteroatoms. The number of ether oxygens (including phenoxy) is 3. The maximum absolute atomic E-state index is 5.61. The molecule has 0 unspecified atom stereocenters. The monoisotopic (exact) mass is 520 g/mol. The first-order chi connectivity index (χ1) is 13.7. The van der Waals surface area contributed by atoms with Crippen molar-refractivity contribution in [1.82, 2.24) is 15.1 Å². The second-order valence-corrected chi connectivity index (χ2v) is 6.88. The highest BCUT2D eigenvalue weighted by Gasteiger charge is 2.20. The number of hydrogen-bond acceptors (Lipinski definition) is 5. The second kappa shape index (κ2) is 14.7. The molecule has 2 rings (SSSR count). The first kappa shape index (κ1) is 25.8. The SMILES string of the molecule is CCCCOCCNC(=NC)N1CCN(Cc2cc(OC)ccc2OC)CC1.I. The highest BCUT2D eigenvalue weighted by atomic mass is 127. The Hall–Kier alpha value is -1.26. The predicted molar refractivity (Wildman–Crippen MR) is 129 cm³/mol. The summed E-state index contributed by atoms with van der Waals surface area (Å²) in [6.45, 7) is 9.22. The molecule has 1 aromatic carbocycles. The van der Waals surface area contributed by atoms with Crippen LogP contribution in [0.3, 0.4) is 0 Å². The van der Waals surface area contributed by atoms with Gasteiger partial charge in [0, 0.05) is 58.5 Å². The van der Waals surface area contributed by atoms with Crippen molar-refractivity contribution >= 4 is 29.9 Å². The number of aliphatic imine (C=N–C) groups is 1. The van der Waals surface area contributed by atoms with Gasteiger partial charge in [-0.15, -0.1) is 24.0 Å². The molecular formula is C21H37IN4O3. The molecule has 1 aliphatic rings. The number of halogens is 1. The highest BCUT2D eigenvalue weighted by molar-refractivity contribution is 14.0. The summed E-state index contributed by atoms with van der Waals surface area (Å²) >= 11 is 0. The van der Waals surface area contributed by atoms with Gasteiger partial charge in [0.1, 0.15) is 11.5 Å². The highest BCUT2D eigenvalue weighted by Crippen LogP contribution is 2.25. The molecule has 1 fully saturated rings. The van der Waals surface area contributed by atoms with Gasteiger partial charge in [-0.25, -0.2) is 0 Å². The van der Waals surface area contributed by atoms with Crippen molar-refractivity contribution in [2.75, 3.05) is 67.2 Å². The van der Waals surface area contributed by atoms with Gasteiger partial charge in [0.15, 0.2) is 5.96 Å². The van der Waals surface area contributed by atoms with E-state index in [1.165, 1.54) is 6.42 Å². The molecule has 29 heavy (non-hydrogen) atoms. The van der Waals surface area contributed by atoms with Gasteiger partial charge in [0.2, 0.25) is 0 Å². The summed E-state index contributed by atoms with van der Waals surface area (Å²) in [6, 6.07) is 5.96. The van der Waals surface area contributed by atoms with Gasteiger partial charge in [0.05, 0.1) is 20.8 Å². The van der Waals surface area contributed by atoms with Gasteiger partial charge in [-0.2, -0.15) is 0 Å². The second-order valence-electron chi connectivity index (χ2n) is 6.88. The topological polar surface area (TPSA) is 58.6 Å². The summed E-state index contributed by atoms with van der Waals surface area (Å²) in [7, 11) is 5.25. The smallest absolute Gasteiger partial charge is 0.193 e. The Morgan fingerprint density at radius 2 is 1.86 bits per heavy atom. The van der Waals surface area contributed by atoms with E-state index in [9.17, 15) is 0 Å². The maximum Gasteiger partial charge on any atom is 0.193 e. The number of piperazine rings is 1. The van der Waals surface area contributed by atoms with Crippen LogP contribution in [0.5, 0.6) is 11.5 Å². The summed E-state index contributed by atoms with van der Waals surface area (Å²) in [4.78, 5) is 9.18. The van der Waals surface area contributed by atoms with Crippen molar-refractivity contribution in [3.8, 4) is 11.5 Å². The number of hydrogen-bond donors (Lipinski definition) is 1. The minimum Gasteiger partial charge on any atom is -0.497 e. The molecule has 0 amide bonds. The van der Waals surface area contributed by atoms with E-state index in [-0.39, 0.29) is 24.0 Å². The lowest BCUT2D eigenvalue weighted by molar-refractivity contribution is 0.134. The normalized spacial score (nSPS) is 15.0. The summed E-state index contributed by atoms with van der Waals surface area (Å²) in [5.41, 5.74) is 1.15. The van der Waals surface area contributed by atoms with E-state index in [2.05, 4.69) is 33.1 Å². The standard InChI is InChI=1S/C21H36N4O3.HI/c1-5-6-14-28-15-9-23-21(22-2)25-12-10-24(11-13-25)17-18-16-19(26-3)7-8-20(18)27-4;/h7-8,16H,5-6,9-15,17H2,1-4H3,(H,22,23);1H.